The smallest absolute Gasteiger partial charge is 0.222 e. The van der Waals surface area contributed by atoms with Crippen LogP contribution in [0, 0.1) is 0 Å². The number of rotatable bonds is 3. The summed E-state index contributed by atoms with van der Waals surface area (Å²) in [5.41, 5.74) is 0. The predicted molar refractivity (Wildman–Crippen MR) is 57.9 cm³/mol. The summed E-state index contributed by atoms with van der Waals surface area (Å²) < 4.78 is 24.5. The van der Waals surface area contributed by atoms with Crippen LogP contribution in [0.2, 0.25) is 0 Å². The molecule has 1 saturated heterocycles. The van der Waals surface area contributed by atoms with Crippen molar-refractivity contribution in [3.63, 3.8) is 0 Å². The molecule has 5 nitrogen and oxygen atoms in total. The molecule has 0 aliphatic carbocycles. The molecular weight excluding hydrogens is 216 g/mol. The lowest BCUT2D eigenvalue weighted by Crippen LogP contribution is -2.46. The Morgan fingerprint density at radius 1 is 1.40 bits per heavy atom. The highest BCUT2D eigenvalue weighted by atomic mass is 32.2. The number of piperidine rings is 1. The van der Waals surface area contributed by atoms with Gasteiger partial charge in [0, 0.05) is 25.6 Å². The number of likely N-dealkylation sites (tertiary alicyclic amines) is 1. The van der Waals surface area contributed by atoms with Crippen molar-refractivity contribution in [2.24, 2.45) is 0 Å². The van der Waals surface area contributed by atoms with E-state index in [0.717, 1.165) is 6.26 Å². The van der Waals surface area contributed by atoms with Gasteiger partial charge in [0.05, 0.1) is 6.26 Å². The normalized spacial score (nSPS) is 19.2. The number of carbonyl (C=O) groups is 1. The van der Waals surface area contributed by atoms with Crippen LogP contribution in [0.25, 0.3) is 0 Å². The maximum atomic E-state index is 11.3. The Kier molecular flexibility index (Phi) is 4.10. The Balaban J connectivity index is 2.39. The molecule has 15 heavy (non-hydrogen) atoms. The molecule has 1 aliphatic rings. The standard InChI is InChI=1S/C9H18N2O3S/c1-3-9(12)11-6-4-8(5-7-11)10-15(2,13)14/h8,10H,3-7H2,1-2H3. The largest absolute Gasteiger partial charge is 0.343 e. The number of carbonyl (C=O) groups excluding carboxylic acids is 1. The van der Waals surface area contributed by atoms with Gasteiger partial charge in [-0.3, -0.25) is 4.79 Å². The van der Waals surface area contributed by atoms with E-state index in [1.54, 1.807) is 4.90 Å². The molecule has 0 aromatic carbocycles. The maximum Gasteiger partial charge on any atom is 0.222 e. The molecule has 0 unspecified atom stereocenters. The van der Waals surface area contributed by atoms with Crippen molar-refractivity contribution < 1.29 is 13.2 Å². The SMILES string of the molecule is CCC(=O)N1CCC(NS(C)(=O)=O)CC1. The highest BCUT2D eigenvalue weighted by Gasteiger charge is 2.23. The van der Waals surface area contributed by atoms with E-state index in [-0.39, 0.29) is 11.9 Å². The fourth-order valence-corrected chi connectivity index (χ4v) is 2.61. The van der Waals surface area contributed by atoms with Crippen LogP contribution in [-0.4, -0.2) is 44.6 Å². The molecule has 0 bridgehead atoms. The quantitative estimate of drug-likeness (QED) is 0.743. The lowest BCUT2D eigenvalue weighted by molar-refractivity contribution is -0.131. The van der Waals surface area contributed by atoms with Crippen molar-refractivity contribution in [3.05, 3.63) is 0 Å². The number of hydrogen-bond acceptors (Lipinski definition) is 3. The minimum atomic E-state index is -3.12. The number of amides is 1. The molecule has 1 rings (SSSR count). The molecule has 0 radical (unpaired) electrons. The van der Waals surface area contributed by atoms with Gasteiger partial charge >= 0.3 is 0 Å². The zero-order valence-electron chi connectivity index (χ0n) is 9.19. The summed E-state index contributed by atoms with van der Waals surface area (Å²) in [6.07, 6.45) is 3.10. The van der Waals surface area contributed by atoms with Gasteiger partial charge in [0.25, 0.3) is 0 Å². The predicted octanol–water partition coefficient (Wildman–Crippen LogP) is -0.0634. The van der Waals surface area contributed by atoms with E-state index in [0.29, 0.717) is 32.4 Å². The lowest BCUT2D eigenvalue weighted by Gasteiger charge is -2.31. The van der Waals surface area contributed by atoms with E-state index < -0.39 is 10.0 Å². The molecule has 0 saturated carbocycles. The van der Waals surface area contributed by atoms with Gasteiger partial charge in [-0.05, 0) is 12.8 Å². The van der Waals surface area contributed by atoms with Crippen LogP contribution in [0.5, 0.6) is 0 Å². The van der Waals surface area contributed by atoms with Crippen molar-refractivity contribution >= 4 is 15.9 Å². The minimum absolute atomic E-state index is 0.0130. The molecule has 1 heterocycles. The molecule has 1 N–H and O–H groups in total. The molecule has 1 aliphatic heterocycles. The van der Waals surface area contributed by atoms with Crippen LogP contribution in [-0.2, 0) is 14.8 Å². The lowest BCUT2D eigenvalue weighted by atomic mass is 10.1. The maximum absolute atomic E-state index is 11.3. The summed E-state index contributed by atoms with van der Waals surface area (Å²) in [6.45, 7) is 3.14. The fourth-order valence-electron chi connectivity index (χ4n) is 1.77. The van der Waals surface area contributed by atoms with Crippen molar-refractivity contribution in [1.29, 1.82) is 0 Å². The molecule has 6 heteroatoms. The Labute approximate surface area is 90.9 Å². The van der Waals surface area contributed by atoms with E-state index in [1.165, 1.54) is 0 Å². The summed E-state index contributed by atoms with van der Waals surface area (Å²) in [6, 6.07) is -0.0130. The van der Waals surface area contributed by atoms with Gasteiger partial charge in [0.15, 0.2) is 0 Å². The van der Waals surface area contributed by atoms with E-state index in [2.05, 4.69) is 4.72 Å². The Hall–Kier alpha value is -0.620. The Bertz CT molecular complexity index is 318. The van der Waals surface area contributed by atoms with E-state index in [4.69, 9.17) is 0 Å². The molecule has 0 spiro atoms. The monoisotopic (exact) mass is 234 g/mol. The first-order valence-electron chi connectivity index (χ1n) is 5.17. The van der Waals surface area contributed by atoms with Gasteiger partial charge < -0.3 is 4.90 Å². The van der Waals surface area contributed by atoms with Crippen LogP contribution in [0.1, 0.15) is 26.2 Å². The van der Waals surface area contributed by atoms with Crippen molar-refractivity contribution in [2.75, 3.05) is 19.3 Å². The summed E-state index contributed by atoms with van der Waals surface area (Å²) in [7, 11) is -3.12. The molecule has 0 atom stereocenters. The first-order valence-corrected chi connectivity index (χ1v) is 7.06. The molecule has 0 aromatic rings. The van der Waals surface area contributed by atoms with Crippen molar-refractivity contribution in [3.8, 4) is 0 Å². The van der Waals surface area contributed by atoms with E-state index in [9.17, 15) is 13.2 Å². The molecular formula is C9H18N2O3S. The minimum Gasteiger partial charge on any atom is -0.343 e. The third-order valence-corrected chi connectivity index (χ3v) is 3.29. The average molecular weight is 234 g/mol. The second-order valence-corrected chi connectivity index (χ2v) is 5.68. The average Bonchev–Trinajstić information content (AvgIpc) is 2.15. The zero-order valence-corrected chi connectivity index (χ0v) is 10.0. The van der Waals surface area contributed by atoms with Gasteiger partial charge in [0.1, 0.15) is 0 Å². The fraction of sp³-hybridized carbons (Fsp3) is 0.889. The number of nitrogens with zero attached hydrogens (tertiary/aromatic N) is 1. The topological polar surface area (TPSA) is 66.5 Å². The van der Waals surface area contributed by atoms with Crippen LogP contribution >= 0.6 is 0 Å². The number of hydrogen-bond donors (Lipinski definition) is 1. The van der Waals surface area contributed by atoms with Gasteiger partial charge in [-0.2, -0.15) is 0 Å². The molecule has 0 aromatic heterocycles. The van der Waals surface area contributed by atoms with E-state index in [1.807, 2.05) is 6.92 Å². The van der Waals surface area contributed by atoms with Crippen LogP contribution in [0.15, 0.2) is 0 Å². The van der Waals surface area contributed by atoms with Crippen LogP contribution in [0.4, 0.5) is 0 Å². The highest BCUT2D eigenvalue weighted by Crippen LogP contribution is 2.11. The highest BCUT2D eigenvalue weighted by molar-refractivity contribution is 7.88. The second-order valence-electron chi connectivity index (χ2n) is 3.90. The van der Waals surface area contributed by atoms with Gasteiger partial charge in [-0.15, -0.1) is 0 Å². The Morgan fingerprint density at radius 3 is 2.33 bits per heavy atom. The summed E-state index contributed by atoms with van der Waals surface area (Å²) in [5.74, 6) is 0.146. The number of sulfonamides is 1. The second kappa shape index (κ2) is 4.94. The van der Waals surface area contributed by atoms with Gasteiger partial charge in [-0.1, -0.05) is 6.92 Å². The van der Waals surface area contributed by atoms with E-state index >= 15 is 0 Å². The summed E-state index contributed by atoms with van der Waals surface area (Å²) in [5, 5.41) is 0. The third kappa shape index (κ3) is 4.17. The molecule has 1 amide bonds. The first-order chi connectivity index (χ1) is 6.92. The summed E-state index contributed by atoms with van der Waals surface area (Å²) >= 11 is 0. The Morgan fingerprint density at radius 2 is 1.93 bits per heavy atom. The summed E-state index contributed by atoms with van der Waals surface area (Å²) in [4.78, 5) is 13.1. The van der Waals surface area contributed by atoms with Crippen molar-refractivity contribution in [2.45, 2.75) is 32.2 Å². The van der Waals surface area contributed by atoms with Gasteiger partial charge in [-0.25, -0.2) is 13.1 Å². The zero-order chi connectivity index (χ0) is 11.5. The van der Waals surface area contributed by atoms with Crippen LogP contribution < -0.4 is 4.72 Å². The third-order valence-electron chi connectivity index (χ3n) is 2.53. The number of nitrogens with one attached hydrogen (secondary N) is 1. The van der Waals surface area contributed by atoms with Gasteiger partial charge in [0.2, 0.25) is 15.9 Å². The molecule has 88 valence electrons. The van der Waals surface area contributed by atoms with Crippen molar-refractivity contribution in [1.82, 2.24) is 9.62 Å². The van der Waals surface area contributed by atoms with Crippen LogP contribution in [0.3, 0.4) is 0 Å². The molecule has 1 fully saturated rings. The first kappa shape index (κ1) is 12.4.